The van der Waals surface area contributed by atoms with Gasteiger partial charge in [0.1, 0.15) is 5.25 Å². The molecule has 0 fully saturated rings. The Kier molecular flexibility index (Phi) is 6.22. The van der Waals surface area contributed by atoms with Gasteiger partial charge in [0.05, 0.1) is 12.7 Å². The molecule has 0 saturated carbocycles. The van der Waals surface area contributed by atoms with Crippen LogP contribution in [0.2, 0.25) is 0 Å². The van der Waals surface area contributed by atoms with Gasteiger partial charge < -0.3 is 9.84 Å². The molecule has 1 aromatic carbocycles. The fourth-order valence-corrected chi connectivity index (χ4v) is 2.59. The molecule has 0 heterocycles. The Morgan fingerprint density at radius 1 is 1.33 bits per heavy atom. The molecule has 0 saturated heterocycles. The maximum Gasteiger partial charge on any atom is 0.323 e. The van der Waals surface area contributed by atoms with Gasteiger partial charge in [-0.05, 0) is 19.4 Å². The molecule has 3 atom stereocenters. The number of benzene rings is 1. The van der Waals surface area contributed by atoms with Gasteiger partial charge in [0.2, 0.25) is 0 Å². The number of rotatable bonds is 6. The zero-order valence-electron chi connectivity index (χ0n) is 11.0. The highest BCUT2D eigenvalue weighted by molar-refractivity contribution is 8.00. The van der Waals surface area contributed by atoms with Crippen molar-refractivity contribution in [2.75, 3.05) is 6.61 Å². The van der Waals surface area contributed by atoms with E-state index < -0.39 is 6.10 Å². The maximum atomic E-state index is 12.0. The van der Waals surface area contributed by atoms with Gasteiger partial charge in [-0.25, -0.2) is 0 Å². The van der Waals surface area contributed by atoms with E-state index in [0.29, 0.717) is 6.61 Å². The standard InChI is InChI=1S/C14H20O3S/c1-4-17-14(16)13(18-11(3)10(2)15)12-8-6-5-7-9-12/h5-11,13,15H,4H2,1-3H3. The highest BCUT2D eigenvalue weighted by atomic mass is 32.2. The second-order valence-electron chi connectivity index (χ2n) is 4.12. The van der Waals surface area contributed by atoms with Gasteiger partial charge in [-0.1, -0.05) is 37.3 Å². The van der Waals surface area contributed by atoms with Crippen molar-refractivity contribution in [2.45, 2.75) is 37.4 Å². The van der Waals surface area contributed by atoms with E-state index in [0.717, 1.165) is 5.56 Å². The molecule has 3 nitrogen and oxygen atoms in total. The lowest BCUT2D eigenvalue weighted by atomic mass is 10.1. The van der Waals surface area contributed by atoms with Crippen LogP contribution in [0.5, 0.6) is 0 Å². The number of thioether (sulfide) groups is 1. The zero-order valence-corrected chi connectivity index (χ0v) is 11.8. The summed E-state index contributed by atoms with van der Waals surface area (Å²) in [7, 11) is 0. The summed E-state index contributed by atoms with van der Waals surface area (Å²) in [6.07, 6.45) is -0.462. The van der Waals surface area contributed by atoms with Gasteiger partial charge in [0.25, 0.3) is 0 Å². The molecule has 0 amide bonds. The Bertz CT molecular complexity index is 365. The number of ether oxygens (including phenoxy) is 1. The predicted octanol–water partition coefficient (Wildman–Crippen LogP) is 2.79. The van der Waals surface area contributed by atoms with E-state index in [-0.39, 0.29) is 16.5 Å². The van der Waals surface area contributed by atoms with Crippen LogP contribution >= 0.6 is 11.8 Å². The first-order valence-electron chi connectivity index (χ1n) is 6.11. The molecule has 0 radical (unpaired) electrons. The van der Waals surface area contributed by atoms with Gasteiger partial charge in [-0.3, -0.25) is 4.79 Å². The summed E-state index contributed by atoms with van der Waals surface area (Å²) in [6, 6.07) is 9.52. The van der Waals surface area contributed by atoms with Crippen molar-refractivity contribution in [1.29, 1.82) is 0 Å². The monoisotopic (exact) mass is 268 g/mol. The number of hydrogen-bond acceptors (Lipinski definition) is 4. The minimum atomic E-state index is -0.462. The lowest BCUT2D eigenvalue weighted by molar-refractivity contribution is -0.142. The average Bonchev–Trinajstić information content (AvgIpc) is 2.36. The van der Waals surface area contributed by atoms with E-state index in [2.05, 4.69) is 0 Å². The molecule has 0 aliphatic carbocycles. The number of aliphatic hydroxyl groups is 1. The van der Waals surface area contributed by atoms with Crippen LogP contribution < -0.4 is 0 Å². The van der Waals surface area contributed by atoms with Gasteiger partial charge in [-0.2, -0.15) is 0 Å². The van der Waals surface area contributed by atoms with E-state index in [4.69, 9.17) is 4.74 Å². The van der Waals surface area contributed by atoms with Crippen molar-refractivity contribution in [1.82, 2.24) is 0 Å². The van der Waals surface area contributed by atoms with E-state index in [1.165, 1.54) is 11.8 Å². The number of aliphatic hydroxyl groups excluding tert-OH is 1. The minimum Gasteiger partial charge on any atom is -0.465 e. The normalized spacial score (nSPS) is 15.8. The van der Waals surface area contributed by atoms with E-state index in [1.807, 2.05) is 37.3 Å². The highest BCUT2D eigenvalue weighted by Gasteiger charge is 2.26. The molecule has 0 spiro atoms. The summed E-state index contributed by atoms with van der Waals surface area (Å²) in [5.41, 5.74) is 0.911. The summed E-state index contributed by atoms with van der Waals surface area (Å²) in [4.78, 5) is 12.0. The first-order valence-corrected chi connectivity index (χ1v) is 7.05. The summed E-state index contributed by atoms with van der Waals surface area (Å²) < 4.78 is 5.10. The maximum absolute atomic E-state index is 12.0. The molecule has 0 aliphatic rings. The Hall–Kier alpha value is -1.00. The van der Waals surface area contributed by atoms with Crippen molar-refractivity contribution < 1.29 is 14.6 Å². The summed E-state index contributed by atoms with van der Waals surface area (Å²) in [5.74, 6) is -0.249. The Labute approximate surface area is 113 Å². The molecule has 100 valence electrons. The van der Waals surface area contributed by atoms with Crippen LogP contribution in [-0.2, 0) is 9.53 Å². The predicted molar refractivity (Wildman–Crippen MR) is 74.5 cm³/mol. The molecule has 3 unspecified atom stereocenters. The zero-order chi connectivity index (χ0) is 13.5. The fraction of sp³-hybridized carbons (Fsp3) is 0.500. The van der Waals surface area contributed by atoms with E-state index in [1.54, 1.807) is 13.8 Å². The number of esters is 1. The third-order valence-electron chi connectivity index (χ3n) is 2.63. The van der Waals surface area contributed by atoms with E-state index >= 15 is 0 Å². The molecular formula is C14H20O3S. The topological polar surface area (TPSA) is 46.5 Å². The van der Waals surface area contributed by atoms with Crippen LogP contribution in [0.15, 0.2) is 30.3 Å². The first kappa shape index (κ1) is 15.1. The quantitative estimate of drug-likeness (QED) is 0.806. The van der Waals surface area contributed by atoms with Gasteiger partial charge >= 0.3 is 5.97 Å². The summed E-state index contributed by atoms with van der Waals surface area (Å²) in [5, 5.41) is 9.15. The Morgan fingerprint density at radius 3 is 2.44 bits per heavy atom. The first-order chi connectivity index (χ1) is 8.56. The Balaban J connectivity index is 2.85. The number of carbonyl (C=O) groups is 1. The molecule has 4 heteroatoms. The molecule has 1 aromatic rings. The van der Waals surface area contributed by atoms with Crippen molar-refractivity contribution in [3.63, 3.8) is 0 Å². The number of hydrogen-bond donors (Lipinski definition) is 1. The SMILES string of the molecule is CCOC(=O)C(SC(C)C(C)O)c1ccccc1. The molecule has 0 bridgehead atoms. The second-order valence-corrected chi connectivity index (χ2v) is 5.61. The van der Waals surface area contributed by atoms with Crippen LogP contribution in [0.25, 0.3) is 0 Å². The lowest BCUT2D eigenvalue weighted by Crippen LogP contribution is -2.21. The van der Waals surface area contributed by atoms with Crippen LogP contribution in [0.1, 0.15) is 31.6 Å². The fourth-order valence-electron chi connectivity index (χ4n) is 1.44. The van der Waals surface area contributed by atoms with Crippen LogP contribution in [0.3, 0.4) is 0 Å². The summed E-state index contributed by atoms with van der Waals surface area (Å²) >= 11 is 1.43. The molecule has 18 heavy (non-hydrogen) atoms. The third-order valence-corrected chi connectivity index (χ3v) is 4.19. The van der Waals surface area contributed by atoms with Crippen molar-refractivity contribution in [3.8, 4) is 0 Å². The van der Waals surface area contributed by atoms with E-state index in [9.17, 15) is 9.90 Å². The molecule has 1 N–H and O–H groups in total. The second kappa shape index (κ2) is 7.44. The smallest absolute Gasteiger partial charge is 0.323 e. The van der Waals surface area contributed by atoms with Crippen molar-refractivity contribution in [2.24, 2.45) is 0 Å². The lowest BCUT2D eigenvalue weighted by Gasteiger charge is -2.21. The molecule has 1 rings (SSSR count). The summed E-state index contributed by atoms with van der Waals surface area (Å²) in [6.45, 7) is 5.80. The molecule has 0 aromatic heterocycles. The average molecular weight is 268 g/mol. The molecule has 0 aliphatic heterocycles. The van der Waals surface area contributed by atoms with Crippen molar-refractivity contribution >= 4 is 17.7 Å². The number of carbonyl (C=O) groups excluding carboxylic acids is 1. The molecular weight excluding hydrogens is 248 g/mol. The third kappa shape index (κ3) is 4.35. The highest BCUT2D eigenvalue weighted by Crippen LogP contribution is 2.34. The largest absolute Gasteiger partial charge is 0.465 e. The van der Waals surface area contributed by atoms with Crippen LogP contribution in [0.4, 0.5) is 0 Å². The van der Waals surface area contributed by atoms with Crippen molar-refractivity contribution in [3.05, 3.63) is 35.9 Å². The van der Waals surface area contributed by atoms with Gasteiger partial charge in [0, 0.05) is 5.25 Å². The Morgan fingerprint density at radius 2 is 1.94 bits per heavy atom. The van der Waals surface area contributed by atoms with Crippen LogP contribution in [0, 0.1) is 0 Å². The van der Waals surface area contributed by atoms with Gasteiger partial charge in [0.15, 0.2) is 0 Å². The van der Waals surface area contributed by atoms with Crippen LogP contribution in [-0.4, -0.2) is 29.0 Å². The van der Waals surface area contributed by atoms with Gasteiger partial charge in [-0.15, -0.1) is 11.8 Å². The minimum absolute atomic E-state index is 0.0281.